The number of halogens is 1. The minimum atomic E-state index is 0.263. The van der Waals surface area contributed by atoms with Gasteiger partial charge in [0.2, 0.25) is 0 Å². The van der Waals surface area contributed by atoms with Gasteiger partial charge in [0.1, 0.15) is 28.5 Å². The van der Waals surface area contributed by atoms with Crippen LogP contribution in [0.4, 0.5) is 10.8 Å². The normalized spacial score (nSPS) is 15.0. The van der Waals surface area contributed by atoms with E-state index in [1.807, 2.05) is 6.07 Å². The van der Waals surface area contributed by atoms with E-state index in [0.29, 0.717) is 11.1 Å². The maximum atomic E-state index is 9.10. The lowest BCUT2D eigenvalue weighted by Crippen LogP contribution is -2.39. The van der Waals surface area contributed by atoms with Crippen LogP contribution in [-0.2, 0) is 0 Å². The largest absolute Gasteiger partial charge is 0.372 e. The van der Waals surface area contributed by atoms with Crippen LogP contribution in [0.2, 0.25) is 5.15 Å². The summed E-state index contributed by atoms with van der Waals surface area (Å²) in [4.78, 5) is 6.53. The molecule has 0 amide bonds. The number of aromatic nitrogens is 2. The van der Waals surface area contributed by atoms with Crippen LogP contribution >= 0.6 is 23.1 Å². The fourth-order valence-electron chi connectivity index (χ4n) is 2.54. The summed E-state index contributed by atoms with van der Waals surface area (Å²) >= 11 is 7.11. The summed E-state index contributed by atoms with van der Waals surface area (Å²) in [5.74, 6) is 0.890. The van der Waals surface area contributed by atoms with Gasteiger partial charge in [-0.25, -0.2) is 4.98 Å². The van der Waals surface area contributed by atoms with E-state index >= 15 is 0 Å². The van der Waals surface area contributed by atoms with Crippen molar-refractivity contribution in [3.05, 3.63) is 34.6 Å². The van der Waals surface area contributed by atoms with Crippen molar-refractivity contribution in [2.75, 3.05) is 23.3 Å². The van der Waals surface area contributed by atoms with Gasteiger partial charge in [0.25, 0.3) is 0 Å². The Labute approximate surface area is 143 Å². The first-order valence-electron chi connectivity index (χ1n) is 7.14. The van der Waals surface area contributed by atoms with Crippen molar-refractivity contribution in [2.24, 2.45) is 0 Å². The number of nitrogens with zero attached hydrogens (tertiary/aromatic N) is 5. The van der Waals surface area contributed by atoms with Crippen molar-refractivity contribution in [3.63, 3.8) is 0 Å². The fraction of sp³-hybridized carbons (Fsp3) is 0.333. The van der Waals surface area contributed by atoms with E-state index in [-0.39, 0.29) is 11.2 Å². The molecule has 0 radical (unpaired) electrons. The van der Waals surface area contributed by atoms with Crippen LogP contribution in [0.15, 0.2) is 18.3 Å². The van der Waals surface area contributed by atoms with E-state index in [9.17, 15) is 0 Å². The summed E-state index contributed by atoms with van der Waals surface area (Å²) in [7, 11) is 0. The average Bonchev–Trinajstić information content (AvgIpc) is 2.95. The predicted molar refractivity (Wildman–Crippen MR) is 89.6 cm³/mol. The number of rotatable bonds is 3. The first-order valence-corrected chi connectivity index (χ1v) is 8.29. The molecular weight excluding hydrogens is 332 g/mol. The SMILES string of the molecule is N#Cc1ccc(N2CCC(Nc3snc(Cl)c3C#N)CC2)nc1. The average molecular weight is 345 g/mol. The summed E-state index contributed by atoms with van der Waals surface area (Å²) in [5, 5.41) is 22.3. The van der Waals surface area contributed by atoms with E-state index < -0.39 is 0 Å². The smallest absolute Gasteiger partial charge is 0.162 e. The zero-order valence-electron chi connectivity index (χ0n) is 12.2. The van der Waals surface area contributed by atoms with Crippen molar-refractivity contribution in [1.82, 2.24) is 9.36 Å². The fourth-order valence-corrected chi connectivity index (χ4v) is 3.56. The van der Waals surface area contributed by atoms with Crippen LogP contribution in [0.1, 0.15) is 24.0 Å². The third-order valence-corrected chi connectivity index (χ3v) is 4.95. The number of anilines is 2. The maximum Gasteiger partial charge on any atom is 0.162 e. The quantitative estimate of drug-likeness (QED) is 0.920. The van der Waals surface area contributed by atoms with Gasteiger partial charge in [-0.15, -0.1) is 0 Å². The first-order chi connectivity index (χ1) is 11.2. The van der Waals surface area contributed by atoms with Crippen LogP contribution in [-0.4, -0.2) is 28.5 Å². The molecule has 0 bridgehead atoms. The van der Waals surface area contributed by atoms with Crippen LogP contribution in [0.25, 0.3) is 0 Å². The molecule has 2 aromatic heterocycles. The van der Waals surface area contributed by atoms with Gasteiger partial charge in [0.05, 0.1) is 5.56 Å². The lowest BCUT2D eigenvalue weighted by molar-refractivity contribution is 0.524. The molecule has 0 atom stereocenters. The zero-order chi connectivity index (χ0) is 16.2. The van der Waals surface area contributed by atoms with Gasteiger partial charge in [0.15, 0.2) is 5.15 Å². The van der Waals surface area contributed by atoms with Crippen LogP contribution in [0.3, 0.4) is 0 Å². The van der Waals surface area contributed by atoms with Crippen LogP contribution < -0.4 is 10.2 Å². The number of nitriles is 2. The molecule has 0 saturated carbocycles. The molecule has 1 aliphatic heterocycles. The third-order valence-electron chi connectivity index (χ3n) is 3.79. The number of pyridine rings is 1. The maximum absolute atomic E-state index is 9.10. The highest BCUT2D eigenvalue weighted by Gasteiger charge is 2.22. The molecule has 6 nitrogen and oxygen atoms in total. The molecule has 0 aliphatic carbocycles. The number of hydrogen-bond acceptors (Lipinski definition) is 7. The van der Waals surface area contributed by atoms with Gasteiger partial charge in [-0.1, -0.05) is 11.6 Å². The minimum Gasteiger partial charge on any atom is -0.372 e. The number of nitrogens with one attached hydrogen (secondary N) is 1. The molecule has 1 N–H and O–H groups in total. The Morgan fingerprint density at radius 3 is 2.65 bits per heavy atom. The second kappa shape index (κ2) is 6.82. The highest BCUT2D eigenvalue weighted by Crippen LogP contribution is 2.30. The van der Waals surface area contributed by atoms with E-state index in [1.54, 1.807) is 12.3 Å². The summed E-state index contributed by atoms with van der Waals surface area (Å²) in [6.07, 6.45) is 3.46. The van der Waals surface area contributed by atoms with Crippen molar-refractivity contribution < 1.29 is 0 Å². The molecule has 0 aromatic carbocycles. The van der Waals surface area contributed by atoms with Crippen LogP contribution in [0, 0.1) is 22.7 Å². The van der Waals surface area contributed by atoms with Crippen molar-refractivity contribution in [3.8, 4) is 12.1 Å². The molecule has 116 valence electrons. The van der Waals surface area contributed by atoms with Gasteiger partial charge in [0, 0.05) is 25.3 Å². The van der Waals surface area contributed by atoms with Crippen molar-refractivity contribution >= 4 is 34.0 Å². The molecule has 1 saturated heterocycles. The Balaban J connectivity index is 1.60. The number of piperidine rings is 1. The van der Waals surface area contributed by atoms with Crippen LogP contribution in [0.5, 0.6) is 0 Å². The highest BCUT2D eigenvalue weighted by atomic mass is 35.5. The highest BCUT2D eigenvalue weighted by molar-refractivity contribution is 7.10. The van der Waals surface area contributed by atoms with Crippen molar-refractivity contribution in [2.45, 2.75) is 18.9 Å². The molecule has 3 rings (SSSR count). The topological polar surface area (TPSA) is 88.6 Å². The Morgan fingerprint density at radius 1 is 1.26 bits per heavy atom. The van der Waals surface area contributed by atoms with E-state index in [0.717, 1.165) is 36.8 Å². The van der Waals surface area contributed by atoms with E-state index in [2.05, 4.69) is 31.7 Å². The predicted octanol–water partition coefficient (Wildman–Crippen LogP) is 3.02. The molecule has 1 fully saturated rings. The second-order valence-electron chi connectivity index (χ2n) is 5.21. The van der Waals surface area contributed by atoms with Gasteiger partial charge in [-0.3, -0.25) is 0 Å². The molecule has 3 heterocycles. The Hall–Kier alpha value is -2.35. The monoisotopic (exact) mass is 344 g/mol. The Kier molecular flexibility index (Phi) is 4.61. The van der Waals surface area contributed by atoms with Gasteiger partial charge >= 0.3 is 0 Å². The van der Waals surface area contributed by atoms with Gasteiger partial charge in [-0.2, -0.15) is 14.9 Å². The Bertz CT molecular complexity index is 765. The van der Waals surface area contributed by atoms with Gasteiger partial charge < -0.3 is 10.2 Å². The van der Waals surface area contributed by atoms with E-state index in [1.165, 1.54) is 11.5 Å². The summed E-state index contributed by atoms with van der Waals surface area (Å²) in [5.41, 5.74) is 0.990. The molecule has 2 aromatic rings. The molecule has 0 spiro atoms. The first kappa shape index (κ1) is 15.5. The summed E-state index contributed by atoms with van der Waals surface area (Å²) in [6, 6.07) is 8.10. The van der Waals surface area contributed by atoms with Crippen molar-refractivity contribution in [1.29, 1.82) is 10.5 Å². The summed E-state index contributed by atoms with van der Waals surface area (Å²) < 4.78 is 4.01. The molecular formula is C15H13ClN6S. The second-order valence-corrected chi connectivity index (χ2v) is 6.34. The molecule has 23 heavy (non-hydrogen) atoms. The summed E-state index contributed by atoms with van der Waals surface area (Å²) in [6.45, 7) is 1.73. The molecule has 0 unspecified atom stereocenters. The molecule has 1 aliphatic rings. The van der Waals surface area contributed by atoms with Gasteiger partial charge in [-0.05, 0) is 36.5 Å². The number of hydrogen-bond donors (Lipinski definition) is 1. The zero-order valence-corrected chi connectivity index (χ0v) is 13.7. The third kappa shape index (κ3) is 3.37. The lowest BCUT2D eigenvalue weighted by atomic mass is 10.0. The Morgan fingerprint density at radius 2 is 2.04 bits per heavy atom. The molecule has 8 heteroatoms. The lowest BCUT2D eigenvalue weighted by Gasteiger charge is -2.33. The van der Waals surface area contributed by atoms with E-state index in [4.69, 9.17) is 22.1 Å². The standard InChI is InChI=1S/C15H13ClN6S/c16-14-12(8-18)15(23-21-14)20-11-3-5-22(6-4-11)13-2-1-10(7-17)9-19-13/h1-2,9,11,20H,3-6H2. The minimum absolute atomic E-state index is 0.263.